The molecule has 0 spiro atoms. The highest BCUT2D eigenvalue weighted by atomic mass is 33.1. The van der Waals surface area contributed by atoms with Gasteiger partial charge in [-0.3, -0.25) is 0 Å². The topological polar surface area (TPSA) is 0 Å². The largest absolute Gasteiger partial charge is 0.106 e. The van der Waals surface area contributed by atoms with Crippen LogP contribution in [0.3, 0.4) is 0 Å². The highest BCUT2D eigenvalue weighted by Gasteiger charge is 1.91. The van der Waals surface area contributed by atoms with Crippen LogP contribution in [0.5, 0.6) is 0 Å². The maximum atomic E-state index is 4.10. The van der Waals surface area contributed by atoms with Crippen LogP contribution in [-0.4, -0.2) is 0 Å². The van der Waals surface area contributed by atoms with Gasteiger partial charge in [-0.15, -0.1) is 11.7 Å². The van der Waals surface area contributed by atoms with Crippen molar-refractivity contribution in [2.45, 2.75) is 11.8 Å². The summed E-state index contributed by atoms with van der Waals surface area (Å²) in [5.74, 6) is 0. The molecule has 0 saturated heterocycles. The van der Waals surface area contributed by atoms with Gasteiger partial charge < -0.3 is 0 Å². The van der Waals surface area contributed by atoms with E-state index in [4.69, 9.17) is 0 Å². The van der Waals surface area contributed by atoms with Gasteiger partial charge in [0.2, 0.25) is 0 Å². The minimum Gasteiger partial charge on any atom is -0.106 e. The highest BCUT2D eigenvalue weighted by Crippen LogP contribution is 2.23. The summed E-state index contributed by atoms with van der Waals surface area (Å²) < 4.78 is 0. The molecule has 1 aromatic rings. The van der Waals surface area contributed by atoms with E-state index in [1.165, 1.54) is 21.3 Å². The van der Waals surface area contributed by atoms with E-state index in [9.17, 15) is 0 Å². The molecule has 0 amide bonds. The molecule has 0 heterocycles. The van der Waals surface area contributed by atoms with Gasteiger partial charge in [0, 0.05) is 4.90 Å². The second kappa shape index (κ2) is 3.18. The Kier molecular flexibility index (Phi) is 2.49. The van der Waals surface area contributed by atoms with Gasteiger partial charge in [-0.25, -0.2) is 0 Å². The summed E-state index contributed by atoms with van der Waals surface area (Å²) in [5.41, 5.74) is 1.29. The summed E-state index contributed by atoms with van der Waals surface area (Å²) >= 11 is 4.10. The van der Waals surface area contributed by atoms with Crippen molar-refractivity contribution in [3.63, 3.8) is 0 Å². The Balaban J connectivity index is 3.01. The molecule has 0 nitrogen and oxygen atoms in total. The average Bonchev–Trinajstić information content (AvgIpc) is 1.89. The van der Waals surface area contributed by atoms with Crippen molar-refractivity contribution < 1.29 is 0 Å². The first-order valence-corrected chi connectivity index (χ1v) is 4.58. The van der Waals surface area contributed by atoms with Crippen LogP contribution >= 0.6 is 22.5 Å². The summed E-state index contributed by atoms with van der Waals surface area (Å²) in [4.78, 5) is 1.24. The van der Waals surface area contributed by atoms with Crippen molar-refractivity contribution in [3.8, 4) is 0 Å². The molecule has 0 unspecified atom stereocenters. The molecule has 1 aromatic carbocycles. The summed E-state index contributed by atoms with van der Waals surface area (Å²) in [6.45, 7) is 2.08. The van der Waals surface area contributed by atoms with Crippen LogP contribution in [0.25, 0.3) is 0 Å². The highest BCUT2D eigenvalue weighted by molar-refractivity contribution is 8.68. The summed E-state index contributed by atoms with van der Waals surface area (Å²) in [6.07, 6.45) is 0. The molecular formula is C7H8S2. The summed E-state index contributed by atoms with van der Waals surface area (Å²) in [5, 5.41) is 0. The van der Waals surface area contributed by atoms with Crippen molar-refractivity contribution in [1.82, 2.24) is 0 Å². The Hall–Kier alpha value is -0.0800. The Morgan fingerprint density at radius 2 is 2.00 bits per heavy atom. The van der Waals surface area contributed by atoms with E-state index in [1.807, 2.05) is 12.1 Å². The molecule has 1 rings (SSSR count). The van der Waals surface area contributed by atoms with Crippen molar-refractivity contribution in [3.05, 3.63) is 29.8 Å². The van der Waals surface area contributed by atoms with E-state index in [0.717, 1.165) is 0 Å². The number of aryl methyl sites for hydroxylation is 1. The SMILES string of the molecule is Cc1ccccc1SS. The zero-order valence-electron chi connectivity index (χ0n) is 5.16. The lowest BCUT2D eigenvalue weighted by atomic mass is 10.2. The predicted molar refractivity (Wildman–Crippen MR) is 46.0 cm³/mol. The number of hydrogen-bond acceptors (Lipinski definition) is 2. The summed E-state index contributed by atoms with van der Waals surface area (Å²) in [7, 11) is 1.49. The average molecular weight is 156 g/mol. The molecule has 0 atom stereocenters. The van der Waals surface area contributed by atoms with E-state index < -0.39 is 0 Å². The third-order valence-corrected chi connectivity index (χ3v) is 2.44. The van der Waals surface area contributed by atoms with Crippen LogP contribution in [-0.2, 0) is 0 Å². The first-order valence-electron chi connectivity index (χ1n) is 2.71. The van der Waals surface area contributed by atoms with Gasteiger partial charge in [-0.2, -0.15) is 0 Å². The molecule has 9 heavy (non-hydrogen) atoms. The molecule has 48 valence electrons. The number of hydrogen-bond donors (Lipinski definition) is 1. The van der Waals surface area contributed by atoms with Crippen molar-refractivity contribution >= 4 is 22.5 Å². The number of benzene rings is 1. The fraction of sp³-hybridized carbons (Fsp3) is 0.143. The van der Waals surface area contributed by atoms with E-state index in [0.29, 0.717) is 0 Å². The number of thiol groups is 1. The van der Waals surface area contributed by atoms with Crippen LogP contribution in [0, 0.1) is 6.92 Å². The smallest absolute Gasteiger partial charge is 0.0209 e. The van der Waals surface area contributed by atoms with Gasteiger partial charge in [0.05, 0.1) is 0 Å². The van der Waals surface area contributed by atoms with Gasteiger partial charge in [0.25, 0.3) is 0 Å². The van der Waals surface area contributed by atoms with Gasteiger partial charge in [0.1, 0.15) is 0 Å². The number of rotatable bonds is 1. The Bertz CT molecular complexity index is 196. The lowest BCUT2D eigenvalue weighted by Crippen LogP contribution is -1.72. The Morgan fingerprint density at radius 3 is 2.44 bits per heavy atom. The third kappa shape index (κ3) is 1.66. The minimum absolute atomic E-state index is 1.24. The van der Waals surface area contributed by atoms with Crippen molar-refractivity contribution in [1.29, 1.82) is 0 Å². The molecule has 0 aliphatic heterocycles. The fourth-order valence-electron chi connectivity index (χ4n) is 0.659. The van der Waals surface area contributed by atoms with Crippen LogP contribution in [0.1, 0.15) is 5.56 Å². The molecule has 2 heteroatoms. The predicted octanol–water partition coefficient (Wildman–Crippen LogP) is 2.93. The zero-order valence-corrected chi connectivity index (χ0v) is 6.88. The lowest BCUT2D eigenvalue weighted by Gasteiger charge is -1.96. The van der Waals surface area contributed by atoms with Crippen LogP contribution in [0.4, 0.5) is 0 Å². The minimum atomic E-state index is 1.24. The van der Waals surface area contributed by atoms with Gasteiger partial charge in [0.15, 0.2) is 0 Å². The first-order chi connectivity index (χ1) is 4.34. The van der Waals surface area contributed by atoms with Gasteiger partial charge >= 0.3 is 0 Å². The lowest BCUT2D eigenvalue weighted by molar-refractivity contribution is 1.31. The second-order valence-corrected chi connectivity index (χ2v) is 3.03. The van der Waals surface area contributed by atoms with E-state index in [-0.39, 0.29) is 0 Å². The van der Waals surface area contributed by atoms with E-state index in [1.54, 1.807) is 0 Å². The van der Waals surface area contributed by atoms with E-state index >= 15 is 0 Å². The Morgan fingerprint density at radius 1 is 1.33 bits per heavy atom. The quantitative estimate of drug-likeness (QED) is 0.482. The third-order valence-electron chi connectivity index (χ3n) is 1.19. The maximum Gasteiger partial charge on any atom is 0.0209 e. The standard InChI is InChI=1S/C7H8S2/c1-6-4-2-3-5-7(6)9-8/h2-5,8H,1H3. The second-order valence-electron chi connectivity index (χ2n) is 1.86. The normalized spacial score (nSPS) is 9.56. The molecule has 0 aromatic heterocycles. The monoisotopic (exact) mass is 156 g/mol. The molecule has 0 saturated carbocycles. The fourth-order valence-corrected chi connectivity index (χ4v) is 1.62. The molecular weight excluding hydrogens is 148 g/mol. The molecule has 0 aliphatic rings. The first kappa shape index (κ1) is 7.03. The molecule has 0 bridgehead atoms. The van der Waals surface area contributed by atoms with Crippen molar-refractivity contribution in [2.75, 3.05) is 0 Å². The van der Waals surface area contributed by atoms with Crippen LogP contribution in [0.15, 0.2) is 29.2 Å². The molecule has 0 radical (unpaired) electrons. The van der Waals surface area contributed by atoms with Crippen molar-refractivity contribution in [2.24, 2.45) is 0 Å². The molecule has 0 N–H and O–H groups in total. The maximum absolute atomic E-state index is 4.10. The van der Waals surface area contributed by atoms with Gasteiger partial charge in [-0.1, -0.05) is 29.0 Å². The van der Waals surface area contributed by atoms with E-state index in [2.05, 4.69) is 30.7 Å². The summed E-state index contributed by atoms with van der Waals surface area (Å²) in [6, 6.07) is 8.19. The van der Waals surface area contributed by atoms with Crippen LogP contribution in [0.2, 0.25) is 0 Å². The Labute approximate surface area is 64.5 Å². The molecule has 0 fully saturated rings. The van der Waals surface area contributed by atoms with Gasteiger partial charge in [-0.05, 0) is 18.6 Å². The zero-order chi connectivity index (χ0) is 6.69. The van der Waals surface area contributed by atoms with Crippen LogP contribution < -0.4 is 0 Å². The molecule has 0 aliphatic carbocycles.